The number of ketones is 1. The molecule has 9 rings (SSSR count). The number of ether oxygens (including phenoxy) is 2. The first-order valence-corrected chi connectivity index (χ1v) is 21.8. The monoisotopic (exact) mass is 839 g/mol. The molecule has 4 saturated carbocycles. The number of rotatable bonds is 9. The molecule has 2 N–H and O–H groups in total. The molecule has 0 saturated heterocycles. The van der Waals surface area contributed by atoms with Crippen LogP contribution in [0.15, 0.2) is 66.3 Å². The van der Waals surface area contributed by atoms with Crippen LogP contribution in [0.4, 0.5) is 26.7 Å². The second-order valence-corrected chi connectivity index (χ2v) is 20.1. The summed E-state index contributed by atoms with van der Waals surface area (Å²) in [6, 6.07) is 8.55. The van der Waals surface area contributed by atoms with Gasteiger partial charge < -0.3 is 24.6 Å². The first kappa shape index (κ1) is 42.9. The van der Waals surface area contributed by atoms with E-state index >= 15 is 0 Å². The van der Waals surface area contributed by atoms with Gasteiger partial charge in [0.1, 0.15) is 11.9 Å². The Balaban J connectivity index is 1.16. The SMILES string of the molecule is CC1CCC(C(C)C)C(OC(=O)N(Cc2ccc(OC(F)(F)F)cc2)CC2(O)CCC3C45C=CC6(C=C4C(=O)c4ccc(F)c(F)c4)CC(O)CCC6(C)C5CCC32C)C1. The number of carbonyl (C=O) groups is 2. The fraction of sp³-hybridized carbons (Fsp3) is 0.625. The molecule has 2 spiro atoms. The van der Waals surface area contributed by atoms with E-state index < -0.39 is 63.6 Å². The summed E-state index contributed by atoms with van der Waals surface area (Å²) >= 11 is 0. The van der Waals surface area contributed by atoms with Crippen LogP contribution >= 0.6 is 0 Å². The van der Waals surface area contributed by atoms with Crippen molar-refractivity contribution in [3.63, 3.8) is 0 Å². The van der Waals surface area contributed by atoms with Crippen LogP contribution < -0.4 is 4.74 Å². The predicted molar refractivity (Wildman–Crippen MR) is 214 cm³/mol. The van der Waals surface area contributed by atoms with E-state index in [1.54, 1.807) is 0 Å². The predicted octanol–water partition coefficient (Wildman–Crippen LogP) is 10.7. The van der Waals surface area contributed by atoms with Crippen molar-refractivity contribution in [3.05, 3.63) is 89.0 Å². The largest absolute Gasteiger partial charge is 0.573 e. The quantitative estimate of drug-likeness (QED) is 0.148. The normalized spacial score (nSPS) is 38.1. The van der Waals surface area contributed by atoms with E-state index in [0.717, 1.165) is 31.4 Å². The third-order valence-corrected chi connectivity index (χ3v) is 16.6. The fourth-order valence-electron chi connectivity index (χ4n) is 13.4. The molecular weight excluding hydrogens is 782 g/mol. The zero-order chi connectivity index (χ0) is 43.2. The highest BCUT2D eigenvalue weighted by atomic mass is 19.4. The Labute approximate surface area is 349 Å². The Hall–Kier alpha value is -3.77. The zero-order valence-corrected chi connectivity index (χ0v) is 35.2. The number of aliphatic hydroxyl groups is 2. The third-order valence-electron chi connectivity index (χ3n) is 16.6. The molecule has 7 aliphatic carbocycles. The summed E-state index contributed by atoms with van der Waals surface area (Å²) < 4.78 is 78.4. The topological polar surface area (TPSA) is 96.3 Å². The Bertz CT molecular complexity index is 2070. The lowest BCUT2D eigenvalue weighted by Crippen LogP contribution is -2.67. The van der Waals surface area contributed by atoms with Crippen LogP contribution in [0.1, 0.15) is 115 Å². The number of benzene rings is 2. The number of hydrogen-bond donors (Lipinski definition) is 2. The molecule has 0 aliphatic heterocycles. The maximum atomic E-state index is 14.8. The molecule has 0 aromatic heterocycles. The molecule has 326 valence electrons. The van der Waals surface area contributed by atoms with Gasteiger partial charge in [0.05, 0.1) is 18.2 Å². The van der Waals surface area contributed by atoms with Crippen LogP contribution in [0.25, 0.3) is 0 Å². The Morgan fingerprint density at radius 3 is 2.27 bits per heavy atom. The summed E-state index contributed by atoms with van der Waals surface area (Å²) in [7, 11) is 0. The van der Waals surface area contributed by atoms with Gasteiger partial charge in [0, 0.05) is 33.9 Å². The molecule has 11 atom stereocenters. The van der Waals surface area contributed by atoms with Gasteiger partial charge in [-0.2, -0.15) is 0 Å². The summed E-state index contributed by atoms with van der Waals surface area (Å²) in [5.41, 5.74) is -3.15. The lowest BCUT2D eigenvalue weighted by molar-refractivity contribution is -0.274. The van der Waals surface area contributed by atoms with E-state index in [0.29, 0.717) is 62.0 Å². The number of amides is 1. The van der Waals surface area contributed by atoms with Gasteiger partial charge in [0.25, 0.3) is 0 Å². The number of aliphatic hydroxyl groups excluding tert-OH is 1. The molecular formula is C48H58F5NO6. The van der Waals surface area contributed by atoms with Crippen LogP contribution in [0.3, 0.4) is 0 Å². The highest BCUT2D eigenvalue weighted by Crippen LogP contribution is 2.78. The minimum atomic E-state index is -4.87. The summed E-state index contributed by atoms with van der Waals surface area (Å²) in [5.74, 6) is -2.57. The smallest absolute Gasteiger partial charge is 0.446 e. The van der Waals surface area contributed by atoms with E-state index in [1.807, 2.05) is 13.0 Å². The Morgan fingerprint density at radius 2 is 1.58 bits per heavy atom. The molecule has 2 bridgehead atoms. The Kier molecular flexibility index (Phi) is 10.7. The van der Waals surface area contributed by atoms with Gasteiger partial charge in [0.2, 0.25) is 0 Å². The molecule has 0 radical (unpaired) electrons. The van der Waals surface area contributed by atoms with Gasteiger partial charge >= 0.3 is 12.5 Å². The number of nitrogens with zero attached hydrogens (tertiary/aromatic N) is 1. The van der Waals surface area contributed by atoms with E-state index in [4.69, 9.17) is 4.74 Å². The van der Waals surface area contributed by atoms with Gasteiger partial charge in [-0.25, -0.2) is 13.6 Å². The highest BCUT2D eigenvalue weighted by molar-refractivity contribution is 6.10. The zero-order valence-electron chi connectivity index (χ0n) is 35.2. The van der Waals surface area contributed by atoms with Crippen LogP contribution in [-0.2, 0) is 11.3 Å². The van der Waals surface area contributed by atoms with Crippen molar-refractivity contribution in [2.75, 3.05) is 6.54 Å². The summed E-state index contributed by atoms with van der Waals surface area (Å²) in [4.78, 5) is 30.8. The van der Waals surface area contributed by atoms with Gasteiger partial charge in [-0.3, -0.25) is 4.79 Å². The lowest BCUT2D eigenvalue weighted by atomic mass is 9.32. The van der Waals surface area contributed by atoms with Gasteiger partial charge in [0.15, 0.2) is 17.4 Å². The maximum absolute atomic E-state index is 14.8. The average Bonchev–Trinajstić information content (AvgIpc) is 3.45. The van der Waals surface area contributed by atoms with E-state index in [-0.39, 0.29) is 53.8 Å². The number of fused-ring (bicyclic) bond motifs is 1. The molecule has 11 unspecified atom stereocenters. The highest BCUT2D eigenvalue weighted by Gasteiger charge is 2.74. The molecule has 1 amide bonds. The number of hydrogen-bond acceptors (Lipinski definition) is 6. The van der Waals surface area contributed by atoms with E-state index in [9.17, 15) is 41.8 Å². The number of alkyl halides is 3. The van der Waals surface area contributed by atoms with Crippen molar-refractivity contribution in [2.45, 2.75) is 130 Å². The molecule has 4 fully saturated rings. The summed E-state index contributed by atoms with van der Waals surface area (Å²) in [6.07, 6.45) is 6.33. The van der Waals surface area contributed by atoms with Crippen molar-refractivity contribution >= 4 is 11.9 Å². The molecule has 0 heterocycles. The van der Waals surface area contributed by atoms with Crippen molar-refractivity contribution < 1.29 is 51.2 Å². The van der Waals surface area contributed by atoms with Crippen molar-refractivity contribution in [1.82, 2.24) is 4.90 Å². The number of Topliss-reactive ketones (excluding diaryl/α,β-unsaturated/α-hetero) is 1. The second-order valence-electron chi connectivity index (χ2n) is 20.1. The van der Waals surface area contributed by atoms with Crippen molar-refractivity contribution in [3.8, 4) is 5.75 Å². The number of carbonyl (C=O) groups excluding carboxylic acids is 2. The van der Waals surface area contributed by atoms with Gasteiger partial charge in [-0.1, -0.05) is 71.4 Å². The van der Waals surface area contributed by atoms with Crippen LogP contribution in [-0.4, -0.2) is 57.7 Å². The van der Waals surface area contributed by atoms with Crippen LogP contribution in [0.2, 0.25) is 0 Å². The third kappa shape index (κ3) is 6.90. The molecule has 2 aromatic carbocycles. The molecule has 7 aliphatic rings. The van der Waals surface area contributed by atoms with Crippen molar-refractivity contribution in [1.29, 1.82) is 0 Å². The van der Waals surface area contributed by atoms with Gasteiger partial charge in [-0.15, -0.1) is 13.2 Å². The van der Waals surface area contributed by atoms with E-state index in [2.05, 4.69) is 44.6 Å². The first-order valence-electron chi connectivity index (χ1n) is 21.8. The first-order chi connectivity index (χ1) is 28.1. The second kappa shape index (κ2) is 15.0. The van der Waals surface area contributed by atoms with Crippen LogP contribution in [0, 0.1) is 62.9 Å². The minimum absolute atomic E-state index is 0.0292. The minimum Gasteiger partial charge on any atom is -0.446 e. The van der Waals surface area contributed by atoms with E-state index in [1.165, 1.54) is 35.2 Å². The molecule has 60 heavy (non-hydrogen) atoms. The van der Waals surface area contributed by atoms with Gasteiger partial charge in [-0.05, 0) is 129 Å². The standard InChI is InChI=1S/C48H58F5NO6/c1-28(2)34-12-6-29(3)22-38(34)59-42(57)54(26-30-7-10-33(11-8-30)60-48(51,52)53)27-46(58)19-16-40-44(46,5)18-15-39-43(4)17-14-32(55)24-45(43)20-21-47(39,40)35(25-45)41(56)31-9-13-36(49)37(50)23-31/h7-11,13,20-21,23,25,28-29,32,34,38-40,55,58H,6,12,14-19,22,24,26-27H2,1-5H3. The molecule has 12 heteroatoms. The number of allylic oxidation sites excluding steroid dienone is 4. The Morgan fingerprint density at radius 1 is 0.900 bits per heavy atom. The summed E-state index contributed by atoms with van der Waals surface area (Å²) in [5, 5.41) is 24.2. The van der Waals surface area contributed by atoms with Crippen LogP contribution in [0.5, 0.6) is 5.75 Å². The molecule has 7 nitrogen and oxygen atoms in total. The lowest BCUT2D eigenvalue weighted by Gasteiger charge is -2.71. The maximum Gasteiger partial charge on any atom is 0.573 e. The molecule has 2 aromatic rings. The fourth-order valence-corrected chi connectivity index (χ4v) is 13.4. The number of halogens is 5. The van der Waals surface area contributed by atoms with Crippen molar-refractivity contribution in [2.24, 2.45) is 51.2 Å². The summed E-state index contributed by atoms with van der Waals surface area (Å²) in [6.45, 7) is 10.5. The average molecular weight is 840 g/mol.